The highest BCUT2D eigenvalue weighted by Crippen LogP contribution is 2.30. The molecule has 0 aliphatic heterocycles. The van der Waals surface area contributed by atoms with E-state index < -0.39 is 5.60 Å². The average Bonchev–Trinajstić information content (AvgIpc) is 2.28. The van der Waals surface area contributed by atoms with E-state index in [0.29, 0.717) is 18.7 Å². The molecule has 18 heavy (non-hydrogen) atoms. The third kappa shape index (κ3) is 2.86. The molecule has 5 heteroatoms. The van der Waals surface area contributed by atoms with Crippen LogP contribution in [0.25, 0.3) is 0 Å². The van der Waals surface area contributed by atoms with E-state index in [-0.39, 0.29) is 10.6 Å². The van der Waals surface area contributed by atoms with Crippen molar-refractivity contribution in [3.63, 3.8) is 0 Å². The molecule has 1 aromatic rings. The first kappa shape index (κ1) is 13.0. The molecule has 0 heterocycles. The molecule has 2 rings (SSSR count). The van der Waals surface area contributed by atoms with Crippen molar-refractivity contribution in [2.24, 2.45) is 0 Å². The van der Waals surface area contributed by atoms with Gasteiger partial charge in [0, 0.05) is 24.7 Å². The molecular weight excluding hydrogens is 232 g/mol. The van der Waals surface area contributed by atoms with Crippen LogP contribution in [0, 0.1) is 17.0 Å². The van der Waals surface area contributed by atoms with Gasteiger partial charge in [-0.25, -0.2) is 0 Å². The molecule has 0 saturated heterocycles. The van der Waals surface area contributed by atoms with Crippen LogP contribution >= 0.6 is 0 Å². The molecule has 0 unspecified atom stereocenters. The van der Waals surface area contributed by atoms with E-state index in [0.717, 1.165) is 24.8 Å². The number of benzene rings is 1. The summed E-state index contributed by atoms with van der Waals surface area (Å²) in [5.74, 6) is 0. The summed E-state index contributed by atoms with van der Waals surface area (Å²) in [5.41, 5.74) is 1.13. The van der Waals surface area contributed by atoms with Gasteiger partial charge in [0.05, 0.1) is 10.5 Å². The first-order valence-electron chi connectivity index (χ1n) is 6.17. The largest absolute Gasteiger partial charge is 0.389 e. The number of hydrogen-bond acceptors (Lipinski definition) is 4. The third-order valence-electron chi connectivity index (χ3n) is 3.54. The molecule has 0 bridgehead atoms. The number of hydrogen-bond donors (Lipinski definition) is 2. The Bertz CT molecular complexity index is 456. The van der Waals surface area contributed by atoms with Gasteiger partial charge in [-0.3, -0.25) is 10.1 Å². The van der Waals surface area contributed by atoms with Gasteiger partial charge in [0.2, 0.25) is 0 Å². The minimum absolute atomic E-state index is 0.150. The molecule has 98 valence electrons. The Morgan fingerprint density at radius 1 is 1.50 bits per heavy atom. The summed E-state index contributed by atoms with van der Waals surface area (Å²) in [6.45, 7) is 2.82. The lowest BCUT2D eigenvalue weighted by Gasteiger charge is -2.36. The standard InChI is InChI=1S/C13H18N2O3/c1-10-3-4-11(7-12(10)15(17)18)8-14-9-13(16)5-2-6-13/h3-4,7,14,16H,2,5-6,8-9H2,1H3. The summed E-state index contributed by atoms with van der Waals surface area (Å²) in [5, 5.41) is 23.9. The quantitative estimate of drug-likeness (QED) is 0.618. The third-order valence-corrected chi connectivity index (χ3v) is 3.54. The lowest BCUT2D eigenvalue weighted by Crippen LogP contribution is -2.45. The fourth-order valence-corrected chi connectivity index (χ4v) is 2.16. The molecule has 0 amide bonds. The summed E-state index contributed by atoms with van der Waals surface area (Å²) in [6, 6.07) is 5.22. The predicted octanol–water partition coefficient (Wildman–Crippen LogP) is 1.91. The van der Waals surface area contributed by atoms with Crippen molar-refractivity contribution in [3.8, 4) is 0 Å². The average molecular weight is 250 g/mol. The van der Waals surface area contributed by atoms with Crippen molar-refractivity contribution >= 4 is 5.69 Å². The van der Waals surface area contributed by atoms with E-state index in [1.165, 1.54) is 0 Å². The van der Waals surface area contributed by atoms with E-state index in [4.69, 9.17) is 0 Å². The molecule has 0 aromatic heterocycles. The molecule has 0 radical (unpaired) electrons. The molecule has 2 N–H and O–H groups in total. The van der Waals surface area contributed by atoms with Crippen LogP contribution in [-0.2, 0) is 6.54 Å². The summed E-state index contributed by atoms with van der Waals surface area (Å²) in [6.07, 6.45) is 2.76. The lowest BCUT2D eigenvalue weighted by atomic mass is 9.80. The number of nitrogens with zero attached hydrogens (tertiary/aromatic N) is 1. The number of nitro benzene ring substituents is 1. The van der Waals surface area contributed by atoms with Crippen LogP contribution in [0.2, 0.25) is 0 Å². The number of aryl methyl sites for hydroxylation is 1. The van der Waals surface area contributed by atoms with Gasteiger partial charge in [0.15, 0.2) is 0 Å². The Hall–Kier alpha value is -1.46. The Kier molecular flexibility index (Phi) is 3.63. The highest BCUT2D eigenvalue weighted by Gasteiger charge is 2.33. The molecule has 1 aliphatic carbocycles. The monoisotopic (exact) mass is 250 g/mol. The van der Waals surface area contributed by atoms with Gasteiger partial charge >= 0.3 is 0 Å². The lowest BCUT2D eigenvalue weighted by molar-refractivity contribution is -0.385. The predicted molar refractivity (Wildman–Crippen MR) is 68.3 cm³/mol. The summed E-state index contributed by atoms with van der Waals surface area (Å²) < 4.78 is 0. The van der Waals surface area contributed by atoms with Gasteiger partial charge in [-0.2, -0.15) is 0 Å². The highest BCUT2D eigenvalue weighted by atomic mass is 16.6. The number of aliphatic hydroxyl groups is 1. The van der Waals surface area contributed by atoms with Gasteiger partial charge < -0.3 is 10.4 Å². The minimum atomic E-state index is -0.559. The fraction of sp³-hybridized carbons (Fsp3) is 0.538. The fourth-order valence-electron chi connectivity index (χ4n) is 2.16. The van der Waals surface area contributed by atoms with E-state index >= 15 is 0 Å². The zero-order valence-corrected chi connectivity index (χ0v) is 10.5. The number of rotatable bonds is 5. The van der Waals surface area contributed by atoms with Crippen molar-refractivity contribution in [2.75, 3.05) is 6.54 Å². The van der Waals surface area contributed by atoms with E-state index in [1.807, 2.05) is 6.07 Å². The van der Waals surface area contributed by atoms with Gasteiger partial charge in [-0.15, -0.1) is 0 Å². The smallest absolute Gasteiger partial charge is 0.272 e. The summed E-state index contributed by atoms with van der Waals surface area (Å²) in [7, 11) is 0. The van der Waals surface area contributed by atoms with Crippen molar-refractivity contribution < 1.29 is 10.0 Å². The zero-order chi connectivity index (χ0) is 13.2. The first-order valence-corrected chi connectivity index (χ1v) is 6.17. The van der Waals surface area contributed by atoms with Gasteiger partial charge in [0.25, 0.3) is 5.69 Å². The Morgan fingerprint density at radius 3 is 2.78 bits per heavy atom. The van der Waals surface area contributed by atoms with Crippen LogP contribution in [-0.4, -0.2) is 22.2 Å². The second-order valence-corrected chi connectivity index (χ2v) is 5.06. The van der Waals surface area contributed by atoms with Crippen LogP contribution in [0.5, 0.6) is 0 Å². The second-order valence-electron chi connectivity index (χ2n) is 5.06. The van der Waals surface area contributed by atoms with E-state index in [2.05, 4.69) is 5.32 Å². The summed E-state index contributed by atoms with van der Waals surface area (Å²) >= 11 is 0. The topological polar surface area (TPSA) is 75.4 Å². The zero-order valence-electron chi connectivity index (χ0n) is 10.5. The van der Waals surface area contributed by atoms with Gasteiger partial charge in [-0.1, -0.05) is 12.1 Å². The number of nitro groups is 1. The van der Waals surface area contributed by atoms with Crippen LogP contribution < -0.4 is 5.32 Å². The van der Waals surface area contributed by atoms with Gasteiger partial charge in [0.1, 0.15) is 0 Å². The van der Waals surface area contributed by atoms with Crippen molar-refractivity contribution in [2.45, 2.75) is 38.3 Å². The highest BCUT2D eigenvalue weighted by molar-refractivity contribution is 5.42. The molecule has 1 aliphatic rings. The first-order chi connectivity index (χ1) is 8.50. The molecule has 0 atom stereocenters. The second kappa shape index (κ2) is 5.04. The Morgan fingerprint density at radius 2 is 2.22 bits per heavy atom. The summed E-state index contributed by atoms with van der Waals surface area (Å²) in [4.78, 5) is 10.4. The maximum Gasteiger partial charge on any atom is 0.272 e. The molecule has 0 spiro atoms. The number of nitrogens with one attached hydrogen (secondary N) is 1. The van der Waals surface area contributed by atoms with Gasteiger partial charge in [-0.05, 0) is 31.7 Å². The van der Waals surface area contributed by atoms with Crippen molar-refractivity contribution in [3.05, 3.63) is 39.4 Å². The molecule has 1 aromatic carbocycles. The van der Waals surface area contributed by atoms with E-state index in [1.54, 1.807) is 19.1 Å². The van der Waals surface area contributed by atoms with Crippen molar-refractivity contribution in [1.82, 2.24) is 5.32 Å². The van der Waals surface area contributed by atoms with Crippen LogP contribution in [0.4, 0.5) is 5.69 Å². The molecule has 1 fully saturated rings. The van der Waals surface area contributed by atoms with Crippen LogP contribution in [0.15, 0.2) is 18.2 Å². The normalized spacial score (nSPS) is 17.2. The van der Waals surface area contributed by atoms with Crippen molar-refractivity contribution in [1.29, 1.82) is 0 Å². The molecular formula is C13H18N2O3. The molecule has 5 nitrogen and oxygen atoms in total. The SMILES string of the molecule is Cc1ccc(CNCC2(O)CCC2)cc1[N+](=O)[O-]. The Balaban J connectivity index is 1.93. The molecule has 1 saturated carbocycles. The van der Waals surface area contributed by atoms with E-state index in [9.17, 15) is 15.2 Å². The minimum Gasteiger partial charge on any atom is -0.389 e. The van der Waals surface area contributed by atoms with Crippen LogP contribution in [0.3, 0.4) is 0 Å². The maximum atomic E-state index is 10.8. The maximum absolute atomic E-state index is 10.8. The Labute approximate surface area is 106 Å². The van der Waals surface area contributed by atoms with Crippen LogP contribution in [0.1, 0.15) is 30.4 Å².